The lowest BCUT2D eigenvalue weighted by Crippen LogP contribution is -2.30. The molecule has 1 N–H and O–H groups in total. The van der Waals surface area contributed by atoms with Crippen molar-refractivity contribution in [1.29, 1.82) is 0 Å². The van der Waals surface area contributed by atoms with Gasteiger partial charge in [0.15, 0.2) is 17.3 Å². The van der Waals surface area contributed by atoms with E-state index in [-0.39, 0.29) is 23.1 Å². The Bertz CT molecular complexity index is 1380. The first-order chi connectivity index (χ1) is 16.4. The SMILES string of the molecule is CCc1ccc([C@H]2C(S(=O)(=O)c3ccccc3)=C(O)C(=O)N2Cc2ccc3c(c2)OCO3)cc1. The van der Waals surface area contributed by atoms with Crippen LogP contribution in [0.1, 0.15) is 29.7 Å². The lowest BCUT2D eigenvalue weighted by Gasteiger charge is -2.27. The quantitative estimate of drug-likeness (QED) is 0.569. The van der Waals surface area contributed by atoms with Crippen molar-refractivity contribution in [2.75, 3.05) is 6.79 Å². The monoisotopic (exact) mass is 477 g/mol. The van der Waals surface area contributed by atoms with Gasteiger partial charge in [0.2, 0.25) is 16.6 Å². The molecule has 3 aromatic rings. The van der Waals surface area contributed by atoms with E-state index in [1.54, 1.807) is 36.4 Å². The van der Waals surface area contributed by atoms with Gasteiger partial charge in [0.25, 0.3) is 5.91 Å². The molecule has 2 aliphatic rings. The zero-order valence-corrected chi connectivity index (χ0v) is 19.3. The number of nitrogens with zero attached hydrogens (tertiary/aromatic N) is 1. The number of aliphatic hydroxyl groups is 1. The molecule has 5 rings (SSSR count). The second-order valence-corrected chi connectivity index (χ2v) is 10.1. The highest BCUT2D eigenvalue weighted by molar-refractivity contribution is 7.95. The number of benzene rings is 3. The van der Waals surface area contributed by atoms with Crippen molar-refractivity contribution in [2.45, 2.75) is 30.8 Å². The first-order valence-corrected chi connectivity index (χ1v) is 12.4. The number of ether oxygens (including phenoxy) is 2. The molecule has 0 radical (unpaired) electrons. The van der Waals surface area contributed by atoms with Crippen molar-refractivity contribution in [2.24, 2.45) is 0 Å². The van der Waals surface area contributed by atoms with Crippen LogP contribution in [-0.4, -0.2) is 31.1 Å². The number of carbonyl (C=O) groups excluding carboxylic acids is 1. The second kappa shape index (κ2) is 8.53. The molecule has 34 heavy (non-hydrogen) atoms. The molecular formula is C26H23NO6S. The Kier molecular flexibility index (Phi) is 5.53. The molecule has 0 fully saturated rings. The van der Waals surface area contributed by atoms with E-state index in [1.807, 2.05) is 31.2 Å². The topological polar surface area (TPSA) is 93.1 Å². The standard InChI is InChI=1S/C26H23NO6S/c1-2-17-8-11-19(12-9-17)23-25(34(30,31)20-6-4-3-5-7-20)24(28)26(29)27(23)15-18-10-13-21-22(14-18)33-16-32-21/h3-14,23,28H,2,15-16H2,1H3/t23-/m0/s1. The molecule has 1 atom stereocenters. The van der Waals surface area contributed by atoms with E-state index in [0.29, 0.717) is 17.1 Å². The molecule has 7 nitrogen and oxygen atoms in total. The molecule has 174 valence electrons. The summed E-state index contributed by atoms with van der Waals surface area (Å²) in [5.41, 5.74) is 2.40. The van der Waals surface area contributed by atoms with Crippen molar-refractivity contribution in [3.05, 3.63) is 100 Å². The Morgan fingerprint density at radius 2 is 1.62 bits per heavy atom. The van der Waals surface area contributed by atoms with Gasteiger partial charge in [0.1, 0.15) is 4.91 Å². The normalized spacial score (nSPS) is 17.5. The summed E-state index contributed by atoms with van der Waals surface area (Å²) in [6, 6.07) is 19.6. The van der Waals surface area contributed by atoms with Crippen LogP contribution in [0.15, 0.2) is 88.4 Å². The van der Waals surface area contributed by atoms with Crippen LogP contribution in [0.4, 0.5) is 0 Å². The maximum absolute atomic E-state index is 13.6. The highest BCUT2D eigenvalue weighted by atomic mass is 32.2. The van der Waals surface area contributed by atoms with Crippen LogP contribution in [0.25, 0.3) is 0 Å². The summed E-state index contributed by atoms with van der Waals surface area (Å²) >= 11 is 0. The van der Waals surface area contributed by atoms with Gasteiger partial charge in [-0.2, -0.15) is 0 Å². The number of hydrogen-bond donors (Lipinski definition) is 1. The van der Waals surface area contributed by atoms with E-state index in [9.17, 15) is 18.3 Å². The number of hydrogen-bond acceptors (Lipinski definition) is 6. The fourth-order valence-corrected chi connectivity index (χ4v) is 5.97. The highest BCUT2D eigenvalue weighted by Gasteiger charge is 2.46. The third-order valence-corrected chi connectivity index (χ3v) is 7.98. The minimum Gasteiger partial charge on any atom is -0.502 e. The predicted molar refractivity (Wildman–Crippen MR) is 125 cm³/mol. The van der Waals surface area contributed by atoms with Crippen molar-refractivity contribution < 1.29 is 27.8 Å². The van der Waals surface area contributed by atoms with Gasteiger partial charge in [-0.25, -0.2) is 8.42 Å². The van der Waals surface area contributed by atoms with Gasteiger partial charge in [-0.3, -0.25) is 4.79 Å². The summed E-state index contributed by atoms with van der Waals surface area (Å²) in [7, 11) is -4.15. The Morgan fingerprint density at radius 3 is 2.32 bits per heavy atom. The van der Waals surface area contributed by atoms with Gasteiger partial charge >= 0.3 is 0 Å². The van der Waals surface area contributed by atoms with Crippen molar-refractivity contribution in [3.63, 3.8) is 0 Å². The fraction of sp³-hybridized carbons (Fsp3) is 0.192. The molecule has 0 aromatic heterocycles. The summed E-state index contributed by atoms with van der Waals surface area (Å²) in [4.78, 5) is 14.3. The Hall–Kier alpha value is -3.78. The van der Waals surface area contributed by atoms with Gasteiger partial charge < -0.3 is 19.5 Å². The van der Waals surface area contributed by atoms with Crippen LogP contribution in [0.5, 0.6) is 11.5 Å². The van der Waals surface area contributed by atoms with Crippen LogP contribution in [0, 0.1) is 0 Å². The summed E-state index contributed by atoms with van der Waals surface area (Å²) in [6.45, 7) is 2.22. The number of fused-ring (bicyclic) bond motifs is 1. The highest BCUT2D eigenvalue weighted by Crippen LogP contribution is 2.44. The van der Waals surface area contributed by atoms with Gasteiger partial charge in [0, 0.05) is 6.54 Å². The Balaban J connectivity index is 1.60. The number of carbonyl (C=O) groups is 1. The summed E-state index contributed by atoms with van der Waals surface area (Å²) in [5, 5.41) is 10.9. The minimum absolute atomic E-state index is 0.0180. The Labute approximate surface area is 197 Å². The summed E-state index contributed by atoms with van der Waals surface area (Å²) < 4.78 is 38.0. The first kappa shape index (κ1) is 22.0. The average Bonchev–Trinajstić information content (AvgIpc) is 3.43. The Morgan fingerprint density at radius 1 is 0.941 bits per heavy atom. The molecular weight excluding hydrogens is 454 g/mol. The zero-order valence-electron chi connectivity index (χ0n) is 18.5. The minimum atomic E-state index is -4.15. The number of sulfone groups is 1. The molecule has 0 aliphatic carbocycles. The van der Waals surface area contributed by atoms with Crippen LogP contribution in [-0.2, 0) is 27.6 Å². The van der Waals surface area contributed by atoms with Crippen molar-refractivity contribution >= 4 is 15.7 Å². The smallest absolute Gasteiger partial charge is 0.290 e. The zero-order chi connectivity index (χ0) is 23.9. The number of amides is 1. The first-order valence-electron chi connectivity index (χ1n) is 10.9. The third-order valence-electron chi connectivity index (χ3n) is 6.09. The number of aliphatic hydroxyl groups excluding tert-OH is 1. The summed E-state index contributed by atoms with van der Waals surface area (Å²) in [6.07, 6.45) is 0.820. The van der Waals surface area contributed by atoms with E-state index >= 15 is 0 Å². The van der Waals surface area contributed by atoms with Gasteiger partial charge in [-0.05, 0) is 47.4 Å². The molecule has 3 aromatic carbocycles. The van der Waals surface area contributed by atoms with Crippen LogP contribution in [0.2, 0.25) is 0 Å². The van der Waals surface area contributed by atoms with Crippen LogP contribution in [0.3, 0.4) is 0 Å². The number of aryl methyl sites for hydroxylation is 1. The molecule has 0 saturated heterocycles. The van der Waals surface area contributed by atoms with E-state index in [1.165, 1.54) is 17.0 Å². The van der Waals surface area contributed by atoms with Gasteiger partial charge in [0.05, 0.1) is 10.9 Å². The largest absolute Gasteiger partial charge is 0.502 e. The molecule has 1 amide bonds. The molecule has 0 bridgehead atoms. The van der Waals surface area contributed by atoms with Gasteiger partial charge in [-0.15, -0.1) is 0 Å². The number of rotatable bonds is 6. The van der Waals surface area contributed by atoms with Gasteiger partial charge in [-0.1, -0.05) is 55.5 Å². The van der Waals surface area contributed by atoms with E-state index in [4.69, 9.17) is 9.47 Å². The average molecular weight is 478 g/mol. The predicted octanol–water partition coefficient (Wildman–Crippen LogP) is 4.30. The molecule has 0 saturated carbocycles. The molecule has 0 unspecified atom stereocenters. The lowest BCUT2D eigenvalue weighted by molar-refractivity contribution is -0.130. The maximum atomic E-state index is 13.6. The summed E-state index contributed by atoms with van der Waals surface area (Å²) in [5.74, 6) is -0.329. The molecule has 2 heterocycles. The lowest BCUT2D eigenvalue weighted by atomic mass is 10.0. The van der Waals surface area contributed by atoms with E-state index in [0.717, 1.165) is 17.5 Å². The van der Waals surface area contributed by atoms with E-state index < -0.39 is 27.5 Å². The third kappa shape index (κ3) is 3.70. The second-order valence-electron chi connectivity index (χ2n) is 8.15. The molecule has 8 heteroatoms. The van der Waals surface area contributed by atoms with E-state index in [2.05, 4.69) is 0 Å². The van der Waals surface area contributed by atoms with Crippen LogP contribution >= 0.6 is 0 Å². The fourth-order valence-electron chi connectivity index (χ4n) is 4.30. The van der Waals surface area contributed by atoms with Crippen molar-refractivity contribution in [3.8, 4) is 11.5 Å². The van der Waals surface area contributed by atoms with Crippen LogP contribution < -0.4 is 9.47 Å². The molecule has 2 aliphatic heterocycles. The van der Waals surface area contributed by atoms with Crippen molar-refractivity contribution in [1.82, 2.24) is 4.90 Å². The maximum Gasteiger partial charge on any atom is 0.290 e. The molecule has 0 spiro atoms.